The molecule has 0 aromatic rings. The summed E-state index contributed by atoms with van der Waals surface area (Å²) in [5.74, 6) is 0. The Morgan fingerprint density at radius 2 is 0.611 bits per heavy atom. The molecular weight excluding hydrogens is 527 g/mol. The molecule has 0 heterocycles. The SMILES string of the molecule is CCCCCCCCCCCCOP(=O)([O-])[O-].CCCCCCCCCCCCOP(=O)([O-])[O-].[Mg+2].[Mg+2]. The quantitative estimate of drug-likeness (QED) is 0.0909. The Labute approximate surface area is 253 Å². The maximum Gasteiger partial charge on any atom is 2.00 e. The van der Waals surface area contributed by atoms with Crippen LogP contribution in [-0.2, 0) is 18.2 Å². The molecule has 0 aliphatic heterocycles. The van der Waals surface area contributed by atoms with Gasteiger partial charge in [-0.1, -0.05) is 129 Å². The summed E-state index contributed by atoms with van der Waals surface area (Å²) in [5.41, 5.74) is 0. The van der Waals surface area contributed by atoms with Gasteiger partial charge in [0.05, 0.1) is 28.9 Å². The van der Waals surface area contributed by atoms with Crippen molar-refractivity contribution in [2.75, 3.05) is 13.2 Å². The summed E-state index contributed by atoms with van der Waals surface area (Å²) in [6.45, 7) is 4.51. The Morgan fingerprint density at radius 1 is 0.417 bits per heavy atom. The van der Waals surface area contributed by atoms with Crippen molar-refractivity contribution in [3.63, 3.8) is 0 Å². The maximum atomic E-state index is 10.1. The van der Waals surface area contributed by atoms with Crippen LogP contribution in [0.2, 0.25) is 0 Å². The van der Waals surface area contributed by atoms with E-state index >= 15 is 0 Å². The van der Waals surface area contributed by atoms with Gasteiger partial charge in [0.2, 0.25) is 0 Å². The molecule has 0 fully saturated rings. The average molecular weight is 577 g/mol. The van der Waals surface area contributed by atoms with E-state index in [0.717, 1.165) is 25.7 Å². The van der Waals surface area contributed by atoms with Gasteiger partial charge in [-0.2, -0.15) is 0 Å². The van der Waals surface area contributed by atoms with Crippen molar-refractivity contribution in [2.45, 2.75) is 142 Å². The molecule has 12 heteroatoms. The molecule has 208 valence electrons. The summed E-state index contributed by atoms with van der Waals surface area (Å²) in [7, 11) is -9.49. The van der Waals surface area contributed by atoms with Crippen molar-refractivity contribution in [1.82, 2.24) is 0 Å². The van der Waals surface area contributed by atoms with Gasteiger partial charge >= 0.3 is 46.1 Å². The van der Waals surface area contributed by atoms with E-state index in [1.54, 1.807) is 0 Å². The molecule has 0 amide bonds. The zero-order valence-electron chi connectivity index (χ0n) is 23.1. The monoisotopic (exact) mass is 576 g/mol. The molecule has 0 bridgehead atoms. The molecule has 0 N–H and O–H groups in total. The van der Waals surface area contributed by atoms with Crippen LogP contribution in [0.1, 0.15) is 142 Å². The molecule has 0 spiro atoms. The number of unbranched alkanes of at least 4 members (excludes halogenated alkanes) is 18. The molecule has 0 aromatic carbocycles. The van der Waals surface area contributed by atoms with E-state index in [4.69, 9.17) is 0 Å². The van der Waals surface area contributed by atoms with Crippen LogP contribution in [0.25, 0.3) is 0 Å². The second kappa shape index (κ2) is 33.0. The van der Waals surface area contributed by atoms with Crippen LogP contribution >= 0.6 is 15.6 Å². The molecule has 36 heavy (non-hydrogen) atoms. The summed E-state index contributed by atoms with van der Waals surface area (Å²) in [5, 5.41) is 0. The number of hydrogen-bond donors (Lipinski definition) is 0. The smallest absolute Gasteiger partial charge is 0.790 e. The normalized spacial score (nSPS) is 11.3. The second-order valence-corrected chi connectivity index (χ2v) is 11.2. The fourth-order valence-electron chi connectivity index (χ4n) is 3.53. The van der Waals surface area contributed by atoms with E-state index in [2.05, 4.69) is 22.9 Å². The van der Waals surface area contributed by atoms with Gasteiger partial charge in [0.25, 0.3) is 0 Å². The zero-order valence-corrected chi connectivity index (χ0v) is 27.7. The first-order valence-corrected chi connectivity index (χ1v) is 16.4. The third-order valence-electron chi connectivity index (χ3n) is 5.49. The Kier molecular flexibility index (Phi) is 41.0. The summed E-state index contributed by atoms with van der Waals surface area (Å²) in [6.07, 6.45) is 23.4. The van der Waals surface area contributed by atoms with Crippen LogP contribution in [0.15, 0.2) is 0 Å². The summed E-state index contributed by atoms with van der Waals surface area (Å²) in [4.78, 5) is 40.6. The molecule has 0 aliphatic carbocycles. The molecule has 0 atom stereocenters. The predicted octanol–water partition coefficient (Wildman–Crippen LogP) is 4.74. The molecule has 0 saturated carbocycles. The van der Waals surface area contributed by atoms with Crippen LogP contribution in [0.5, 0.6) is 0 Å². The molecular formula is C24H50Mg2O8P2. The first kappa shape index (κ1) is 44.8. The Bertz CT molecular complexity index is 461. The van der Waals surface area contributed by atoms with Gasteiger partial charge in [-0.05, 0) is 12.8 Å². The molecule has 0 rings (SSSR count). The van der Waals surface area contributed by atoms with Crippen LogP contribution in [-0.4, -0.2) is 59.3 Å². The van der Waals surface area contributed by atoms with E-state index in [0.29, 0.717) is 12.8 Å². The maximum absolute atomic E-state index is 10.1. The third-order valence-corrected chi connectivity index (χ3v) is 6.49. The second-order valence-electron chi connectivity index (χ2n) is 8.92. The van der Waals surface area contributed by atoms with Gasteiger partial charge in [-0.3, -0.25) is 0 Å². The standard InChI is InChI=1S/2C12H27O4P.2Mg/c2*1-2-3-4-5-6-7-8-9-10-11-12-16-17(13,14)15;;/h2*2-12H2,1H3,(H2,13,14,15);;/q;;2*+2/p-4. The van der Waals surface area contributed by atoms with Gasteiger partial charge in [0.1, 0.15) is 0 Å². The number of phosphoric acid groups is 2. The van der Waals surface area contributed by atoms with Crippen molar-refractivity contribution < 1.29 is 37.8 Å². The minimum Gasteiger partial charge on any atom is -0.790 e. The molecule has 0 radical (unpaired) electrons. The summed E-state index contributed by atoms with van der Waals surface area (Å²) in [6, 6.07) is 0. The third kappa shape index (κ3) is 48.8. The van der Waals surface area contributed by atoms with Gasteiger partial charge in [-0.25, -0.2) is 0 Å². The van der Waals surface area contributed by atoms with E-state index < -0.39 is 15.6 Å². The average Bonchev–Trinajstić information content (AvgIpc) is 2.75. The first-order chi connectivity index (χ1) is 16.1. The molecule has 0 aliphatic rings. The van der Waals surface area contributed by atoms with Crippen LogP contribution in [0, 0.1) is 0 Å². The van der Waals surface area contributed by atoms with Crippen LogP contribution < -0.4 is 19.6 Å². The number of rotatable bonds is 24. The Morgan fingerprint density at radius 3 is 0.806 bits per heavy atom. The first-order valence-electron chi connectivity index (χ1n) is 13.5. The summed E-state index contributed by atoms with van der Waals surface area (Å²) < 4.78 is 28.6. The Hall–Kier alpha value is 1.75. The molecule has 8 nitrogen and oxygen atoms in total. The van der Waals surface area contributed by atoms with Gasteiger partial charge in [-0.15, -0.1) is 0 Å². The topological polar surface area (TPSA) is 145 Å². The van der Waals surface area contributed by atoms with Crippen molar-refractivity contribution in [1.29, 1.82) is 0 Å². The zero-order chi connectivity index (χ0) is 26.0. The largest absolute Gasteiger partial charge is 2.00 e. The molecule has 0 unspecified atom stereocenters. The van der Waals surface area contributed by atoms with Crippen LogP contribution in [0.3, 0.4) is 0 Å². The fourth-order valence-corrected chi connectivity index (χ4v) is 4.24. The minimum absolute atomic E-state index is 0. The van der Waals surface area contributed by atoms with Gasteiger partial charge in [0, 0.05) is 0 Å². The van der Waals surface area contributed by atoms with Gasteiger partial charge < -0.3 is 37.8 Å². The Balaban J connectivity index is -0.000000269. The minimum atomic E-state index is -4.74. The van der Waals surface area contributed by atoms with E-state index in [1.807, 2.05) is 0 Å². The van der Waals surface area contributed by atoms with Crippen molar-refractivity contribution in [2.24, 2.45) is 0 Å². The van der Waals surface area contributed by atoms with E-state index in [9.17, 15) is 28.7 Å². The number of phosphoric ester groups is 2. The summed E-state index contributed by atoms with van der Waals surface area (Å²) >= 11 is 0. The van der Waals surface area contributed by atoms with Crippen molar-refractivity contribution in [3.05, 3.63) is 0 Å². The number of hydrogen-bond acceptors (Lipinski definition) is 8. The predicted molar refractivity (Wildman–Crippen MR) is 142 cm³/mol. The molecule has 0 aromatic heterocycles. The van der Waals surface area contributed by atoms with E-state index in [-0.39, 0.29) is 59.3 Å². The van der Waals surface area contributed by atoms with Crippen molar-refractivity contribution >= 4 is 61.8 Å². The fraction of sp³-hybridized carbons (Fsp3) is 1.00. The molecule has 0 saturated heterocycles. The van der Waals surface area contributed by atoms with E-state index in [1.165, 1.54) is 89.9 Å². The van der Waals surface area contributed by atoms with Gasteiger partial charge in [0.15, 0.2) is 0 Å². The van der Waals surface area contributed by atoms with Crippen molar-refractivity contribution in [3.8, 4) is 0 Å². The van der Waals surface area contributed by atoms with Crippen LogP contribution in [0.4, 0.5) is 0 Å².